The zero-order valence-electron chi connectivity index (χ0n) is 13.4. The zero-order valence-corrected chi connectivity index (χ0v) is 13.4. The topological polar surface area (TPSA) is 94.5 Å². The van der Waals surface area contributed by atoms with Gasteiger partial charge in [-0.1, -0.05) is 18.2 Å². The van der Waals surface area contributed by atoms with Gasteiger partial charge in [0.05, 0.1) is 5.69 Å². The molecule has 1 saturated carbocycles. The van der Waals surface area contributed by atoms with Crippen LogP contribution in [-0.2, 0) is 4.79 Å². The van der Waals surface area contributed by atoms with Gasteiger partial charge >= 0.3 is 0 Å². The number of nitriles is 1. The van der Waals surface area contributed by atoms with E-state index in [0.29, 0.717) is 11.6 Å². The Labute approximate surface area is 144 Å². The van der Waals surface area contributed by atoms with Crippen LogP contribution in [0.5, 0.6) is 0 Å². The van der Waals surface area contributed by atoms with Gasteiger partial charge in [-0.3, -0.25) is 4.79 Å². The van der Waals surface area contributed by atoms with Gasteiger partial charge in [-0.05, 0) is 37.0 Å². The van der Waals surface area contributed by atoms with Gasteiger partial charge in [-0.2, -0.15) is 5.26 Å². The molecule has 0 unspecified atom stereocenters. The summed E-state index contributed by atoms with van der Waals surface area (Å²) in [4.78, 5) is 23.9. The van der Waals surface area contributed by atoms with Crippen molar-refractivity contribution in [2.75, 3.05) is 5.32 Å². The molecule has 0 bridgehead atoms. The Bertz CT molecular complexity index is 1020. The quantitative estimate of drug-likeness (QED) is 0.566. The third-order valence-corrected chi connectivity index (χ3v) is 4.14. The lowest BCUT2D eigenvalue weighted by Gasteiger charge is -2.07. The lowest BCUT2D eigenvalue weighted by molar-refractivity contribution is -0.112. The summed E-state index contributed by atoms with van der Waals surface area (Å²) in [5.41, 5.74) is 3.22. The number of nitrogens with zero attached hydrogens (tertiary/aromatic N) is 3. The van der Waals surface area contributed by atoms with Crippen LogP contribution in [-0.4, -0.2) is 20.9 Å². The lowest BCUT2D eigenvalue weighted by Crippen LogP contribution is -2.13. The summed E-state index contributed by atoms with van der Waals surface area (Å²) >= 11 is 0. The van der Waals surface area contributed by atoms with E-state index in [2.05, 4.69) is 20.3 Å². The third-order valence-electron chi connectivity index (χ3n) is 4.14. The first kappa shape index (κ1) is 15.1. The highest BCUT2D eigenvalue weighted by Crippen LogP contribution is 2.31. The molecule has 122 valence electrons. The van der Waals surface area contributed by atoms with Crippen LogP contribution in [0.3, 0.4) is 0 Å². The predicted octanol–water partition coefficient (Wildman–Crippen LogP) is 3.42. The number of aromatic amines is 1. The average molecular weight is 329 g/mol. The van der Waals surface area contributed by atoms with Crippen molar-refractivity contribution in [3.05, 3.63) is 54.5 Å². The van der Waals surface area contributed by atoms with Crippen molar-refractivity contribution >= 4 is 22.6 Å². The van der Waals surface area contributed by atoms with Crippen LogP contribution < -0.4 is 5.32 Å². The van der Waals surface area contributed by atoms with Crippen LogP contribution >= 0.6 is 0 Å². The maximum atomic E-state index is 12.3. The molecular weight excluding hydrogens is 314 g/mol. The smallest absolute Gasteiger partial charge is 0.265 e. The van der Waals surface area contributed by atoms with Gasteiger partial charge in [0.25, 0.3) is 5.91 Å². The molecule has 4 rings (SSSR count). The number of allylic oxidation sites excluding steroid dienone is 1. The Balaban J connectivity index is 1.63. The van der Waals surface area contributed by atoms with Gasteiger partial charge in [-0.15, -0.1) is 0 Å². The van der Waals surface area contributed by atoms with Crippen LogP contribution in [0, 0.1) is 17.2 Å². The standard InChI is InChI=1S/C19H15N5O/c20-10-14(8-12-4-5-12)19(25)24-15-3-1-2-13(9-15)17-16-6-7-21-18(16)23-11-22-17/h1-3,6-9,11-12H,4-5H2,(H,24,25)(H,21,22,23)/b14-8+. The Kier molecular flexibility index (Phi) is 3.75. The minimum Gasteiger partial charge on any atom is -0.346 e. The molecule has 0 saturated heterocycles. The number of hydrogen-bond acceptors (Lipinski definition) is 4. The molecule has 0 spiro atoms. The number of carbonyl (C=O) groups is 1. The summed E-state index contributed by atoms with van der Waals surface area (Å²) in [5, 5.41) is 12.9. The van der Waals surface area contributed by atoms with Gasteiger partial charge in [0, 0.05) is 22.8 Å². The van der Waals surface area contributed by atoms with Crippen molar-refractivity contribution in [2.45, 2.75) is 12.8 Å². The van der Waals surface area contributed by atoms with Gasteiger partial charge in [0.1, 0.15) is 23.6 Å². The van der Waals surface area contributed by atoms with Gasteiger partial charge in [0.15, 0.2) is 0 Å². The van der Waals surface area contributed by atoms with Crippen molar-refractivity contribution in [2.24, 2.45) is 5.92 Å². The molecule has 6 nitrogen and oxygen atoms in total. The molecule has 1 aliphatic rings. The minimum atomic E-state index is -0.374. The van der Waals surface area contributed by atoms with Crippen LogP contribution in [0.2, 0.25) is 0 Å². The number of fused-ring (bicyclic) bond motifs is 1. The van der Waals surface area contributed by atoms with E-state index in [4.69, 9.17) is 0 Å². The van der Waals surface area contributed by atoms with Gasteiger partial charge in [-0.25, -0.2) is 9.97 Å². The van der Waals surface area contributed by atoms with Crippen LogP contribution in [0.25, 0.3) is 22.3 Å². The molecule has 2 aromatic heterocycles. The number of carbonyl (C=O) groups excluding carboxylic acids is 1. The Morgan fingerprint density at radius 1 is 1.32 bits per heavy atom. The second-order valence-electron chi connectivity index (χ2n) is 6.03. The molecule has 25 heavy (non-hydrogen) atoms. The fraction of sp³-hybridized carbons (Fsp3) is 0.158. The van der Waals surface area contributed by atoms with Crippen LogP contribution in [0.1, 0.15) is 12.8 Å². The van der Waals surface area contributed by atoms with Crippen molar-refractivity contribution in [3.8, 4) is 17.3 Å². The molecule has 1 fully saturated rings. The summed E-state index contributed by atoms with van der Waals surface area (Å²) in [5.74, 6) is -0.00402. The normalized spacial score (nSPS) is 14.3. The second kappa shape index (κ2) is 6.21. The lowest BCUT2D eigenvalue weighted by atomic mass is 10.1. The number of H-pyrrole nitrogens is 1. The molecule has 1 aromatic carbocycles. The Morgan fingerprint density at radius 3 is 3.00 bits per heavy atom. The molecule has 1 aliphatic carbocycles. The predicted molar refractivity (Wildman–Crippen MR) is 94.4 cm³/mol. The van der Waals surface area contributed by atoms with Crippen LogP contribution in [0.15, 0.2) is 54.5 Å². The summed E-state index contributed by atoms with van der Waals surface area (Å²) < 4.78 is 0. The van der Waals surface area contributed by atoms with E-state index < -0.39 is 0 Å². The highest BCUT2D eigenvalue weighted by molar-refractivity contribution is 6.07. The van der Waals surface area contributed by atoms with E-state index in [1.54, 1.807) is 12.1 Å². The van der Waals surface area contributed by atoms with E-state index in [0.717, 1.165) is 35.1 Å². The maximum Gasteiger partial charge on any atom is 0.265 e. The third kappa shape index (κ3) is 3.12. The summed E-state index contributed by atoms with van der Waals surface area (Å²) in [6, 6.07) is 11.3. The van der Waals surface area contributed by atoms with E-state index in [1.807, 2.05) is 36.5 Å². The summed E-state index contributed by atoms with van der Waals surface area (Å²) in [6.45, 7) is 0. The molecule has 6 heteroatoms. The van der Waals surface area contributed by atoms with Gasteiger partial charge < -0.3 is 10.3 Å². The van der Waals surface area contributed by atoms with Crippen LogP contribution in [0.4, 0.5) is 5.69 Å². The first-order valence-corrected chi connectivity index (χ1v) is 8.06. The summed E-state index contributed by atoms with van der Waals surface area (Å²) in [7, 11) is 0. The number of benzene rings is 1. The van der Waals surface area contributed by atoms with E-state index in [-0.39, 0.29) is 11.5 Å². The van der Waals surface area contributed by atoms with Crippen molar-refractivity contribution in [3.63, 3.8) is 0 Å². The molecule has 2 heterocycles. The molecule has 3 aromatic rings. The minimum absolute atomic E-state index is 0.169. The van der Waals surface area contributed by atoms with E-state index in [9.17, 15) is 10.1 Å². The number of aromatic nitrogens is 3. The van der Waals surface area contributed by atoms with Crippen molar-refractivity contribution in [1.29, 1.82) is 5.26 Å². The van der Waals surface area contributed by atoms with E-state index >= 15 is 0 Å². The molecule has 0 aliphatic heterocycles. The van der Waals surface area contributed by atoms with Crippen molar-refractivity contribution < 1.29 is 4.79 Å². The maximum absolute atomic E-state index is 12.3. The zero-order chi connectivity index (χ0) is 17.2. The van der Waals surface area contributed by atoms with E-state index in [1.165, 1.54) is 6.33 Å². The highest BCUT2D eigenvalue weighted by Gasteiger charge is 2.21. The molecule has 0 radical (unpaired) electrons. The molecule has 2 N–H and O–H groups in total. The Hall–Kier alpha value is -3.46. The average Bonchev–Trinajstić information content (AvgIpc) is 3.32. The van der Waals surface area contributed by atoms with Crippen molar-refractivity contribution in [1.82, 2.24) is 15.0 Å². The SMILES string of the molecule is N#C/C(=C\C1CC1)C(=O)Nc1cccc(-c2ncnc3[nH]ccc23)c1. The number of nitrogens with one attached hydrogen (secondary N) is 2. The molecular formula is C19H15N5O. The highest BCUT2D eigenvalue weighted by atomic mass is 16.1. The summed E-state index contributed by atoms with van der Waals surface area (Å²) in [6.07, 6.45) is 7.18. The first-order chi connectivity index (χ1) is 12.2. The number of rotatable bonds is 4. The first-order valence-electron chi connectivity index (χ1n) is 8.06. The number of hydrogen-bond donors (Lipinski definition) is 2. The fourth-order valence-electron chi connectivity index (χ4n) is 2.71. The molecule has 0 atom stereocenters. The number of amides is 1. The Morgan fingerprint density at radius 2 is 2.20 bits per heavy atom. The fourth-order valence-corrected chi connectivity index (χ4v) is 2.71. The second-order valence-corrected chi connectivity index (χ2v) is 6.03. The largest absolute Gasteiger partial charge is 0.346 e. The number of anilines is 1. The monoisotopic (exact) mass is 329 g/mol. The molecule has 1 amide bonds. The van der Waals surface area contributed by atoms with Gasteiger partial charge in [0.2, 0.25) is 0 Å².